The Labute approximate surface area is 190 Å². The first-order chi connectivity index (χ1) is 15.8. The third-order valence-electron chi connectivity index (χ3n) is 5.19. The van der Waals surface area contributed by atoms with E-state index >= 15 is 0 Å². The van der Waals surface area contributed by atoms with Crippen molar-refractivity contribution in [1.29, 1.82) is 0 Å². The summed E-state index contributed by atoms with van der Waals surface area (Å²) in [5, 5.41) is 5.98. The zero-order chi connectivity index (χ0) is 23.5. The molecule has 0 aliphatic heterocycles. The van der Waals surface area contributed by atoms with Crippen molar-refractivity contribution >= 4 is 34.2 Å². The van der Waals surface area contributed by atoms with E-state index in [4.69, 9.17) is 0 Å². The number of hydrogen-bond acceptors (Lipinski definition) is 4. The second-order valence-electron chi connectivity index (χ2n) is 8.29. The van der Waals surface area contributed by atoms with Crippen LogP contribution in [0.4, 0.5) is 20.6 Å². The number of aromatic amines is 1. The van der Waals surface area contributed by atoms with E-state index in [2.05, 4.69) is 25.6 Å². The molecule has 0 saturated carbocycles. The lowest BCUT2D eigenvalue weighted by atomic mass is 10.0. The molecule has 0 aliphatic rings. The van der Waals surface area contributed by atoms with Crippen LogP contribution in [-0.2, 0) is 0 Å². The summed E-state index contributed by atoms with van der Waals surface area (Å²) < 4.78 is 14.8. The molecule has 2 heterocycles. The van der Waals surface area contributed by atoms with Crippen LogP contribution in [0.2, 0.25) is 0 Å². The molecule has 4 aromatic rings. The lowest BCUT2D eigenvalue weighted by molar-refractivity contribution is 0.0968. The molecule has 7 nitrogen and oxygen atoms in total. The molecular formula is C25H24FN5O2. The van der Waals surface area contributed by atoms with Crippen molar-refractivity contribution < 1.29 is 14.0 Å². The summed E-state index contributed by atoms with van der Waals surface area (Å²) in [5.41, 5.74) is 3.81. The van der Waals surface area contributed by atoms with Crippen LogP contribution in [0.3, 0.4) is 0 Å². The fourth-order valence-electron chi connectivity index (χ4n) is 3.64. The summed E-state index contributed by atoms with van der Waals surface area (Å²) in [7, 11) is 0. The Hall–Kier alpha value is -4.07. The number of H-pyrrole nitrogens is 1. The van der Waals surface area contributed by atoms with Crippen LogP contribution in [0.1, 0.15) is 36.2 Å². The fourth-order valence-corrected chi connectivity index (χ4v) is 3.64. The zero-order valence-corrected chi connectivity index (χ0v) is 18.6. The molecule has 0 bridgehead atoms. The molecule has 0 atom stereocenters. The van der Waals surface area contributed by atoms with Crippen LogP contribution in [0.5, 0.6) is 0 Å². The van der Waals surface area contributed by atoms with Gasteiger partial charge in [0.25, 0.3) is 0 Å². The van der Waals surface area contributed by atoms with E-state index in [1.54, 1.807) is 30.3 Å². The van der Waals surface area contributed by atoms with Crippen LogP contribution >= 0.6 is 0 Å². The smallest absolute Gasteiger partial charge is 0.323 e. The van der Waals surface area contributed by atoms with Crippen LogP contribution in [-0.4, -0.2) is 26.8 Å². The number of halogens is 1. The van der Waals surface area contributed by atoms with E-state index in [9.17, 15) is 14.0 Å². The number of amides is 2. The Bertz CT molecular complexity index is 1350. The van der Waals surface area contributed by atoms with Crippen molar-refractivity contribution in [2.24, 2.45) is 5.92 Å². The Morgan fingerprint density at radius 3 is 2.67 bits per heavy atom. The number of urea groups is 1. The highest BCUT2D eigenvalue weighted by Gasteiger charge is 2.14. The number of ketones is 1. The molecule has 0 aliphatic carbocycles. The van der Waals surface area contributed by atoms with Gasteiger partial charge in [0.05, 0.1) is 11.4 Å². The molecule has 2 aromatic heterocycles. The SMILES string of the molecule is Cc1c[nH]c2ncnc(-c3ccc(NC(=O)Nc4cccc(C(=O)CC(C)C)c4)c(F)c3)c12. The van der Waals surface area contributed by atoms with E-state index in [1.807, 2.05) is 27.0 Å². The molecule has 0 fully saturated rings. The monoisotopic (exact) mass is 445 g/mol. The maximum absolute atomic E-state index is 14.8. The zero-order valence-electron chi connectivity index (χ0n) is 18.6. The lowest BCUT2D eigenvalue weighted by Crippen LogP contribution is -2.20. The number of rotatable bonds is 6. The lowest BCUT2D eigenvalue weighted by Gasteiger charge is -2.11. The minimum absolute atomic E-state index is 0.00665. The van der Waals surface area contributed by atoms with Crippen LogP contribution in [0.15, 0.2) is 55.0 Å². The van der Waals surface area contributed by atoms with Crippen molar-refractivity contribution in [2.75, 3.05) is 10.6 Å². The molecule has 33 heavy (non-hydrogen) atoms. The molecule has 0 saturated heterocycles. The number of Topliss-reactive ketones (excluding diaryl/α,β-unsaturated/α-hetero) is 1. The van der Waals surface area contributed by atoms with Gasteiger partial charge in [0.15, 0.2) is 5.78 Å². The first-order valence-electron chi connectivity index (χ1n) is 10.6. The van der Waals surface area contributed by atoms with Crippen molar-refractivity contribution in [3.63, 3.8) is 0 Å². The highest BCUT2D eigenvalue weighted by Crippen LogP contribution is 2.30. The van der Waals surface area contributed by atoms with Crippen molar-refractivity contribution in [1.82, 2.24) is 15.0 Å². The predicted octanol–water partition coefficient (Wildman–Crippen LogP) is 5.95. The van der Waals surface area contributed by atoms with Crippen molar-refractivity contribution in [3.05, 3.63) is 71.9 Å². The summed E-state index contributed by atoms with van der Waals surface area (Å²) in [5.74, 6) is -0.349. The van der Waals surface area contributed by atoms with E-state index in [0.29, 0.717) is 34.6 Å². The maximum atomic E-state index is 14.8. The highest BCUT2D eigenvalue weighted by molar-refractivity contribution is 6.02. The molecule has 168 valence electrons. The summed E-state index contributed by atoms with van der Waals surface area (Å²) in [6.45, 7) is 5.87. The second-order valence-corrected chi connectivity index (χ2v) is 8.29. The first-order valence-corrected chi connectivity index (χ1v) is 10.6. The quantitative estimate of drug-likeness (QED) is 0.320. The standard InChI is InChI=1S/C25H24FN5O2/c1-14(2)9-21(32)16-5-4-6-18(10-16)30-25(33)31-20-8-7-17(11-19(20)26)23-22-15(3)12-27-24(22)29-13-28-23/h4-8,10-14H,9H2,1-3H3,(H,27,28,29)(H2,30,31,33). The third kappa shape index (κ3) is 4.90. The number of carbonyl (C=O) groups is 2. The van der Waals surface area contributed by atoms with Gasteiger partial charge in [-0.3, -0.25) is 4.79 Å². The number of benzene rings is 2. The number of aryl methyl sites for hydroxylation is 1. The average molecular weight is 445 g/mol. The summed E-state index contributed by atoms with van der Waals surface area (Å²) in [6.07, 6.45) is 3.67. The van der Waals surface area contributed by atoms with Gasteiger partial charge in [-0.1, -0.05) is 32.0 Å². The molecule has 4 rings (SSSR count). The van der Waals surface area contributed by atoms with Gasteiger partial charge in [0, 0.05) is 34.8 Å². The van der Waals surface area contributed by atoms with Crippen LogP contribution < -0.4 is 10.6 Å². The van der Waals surface area contributed by atoms with Gasteiger partial charge in [-0.15, -0.1) is 0 Å². The van der Waals surface area contributed by atoms with Crippen LogP contribution in [0, 0.1) is 18.7 Å². The fraction of sp³-hybridized carbons (Fsp3) is 0.200. The summed E-state index contributed by atoms with van der Waals surface area (Å²) >= 11 is 0. The number of nitrogens with one attached hydrogen (secondary N) is 3. The van der Waals surface area contributed by atoms with E-state index in [1.165, 1.54) is 18.5 Å². The van der Waals surface area contributed by atoms with Crippen molar-refractivity contribution in [3.8, 4) is 11.3 Å². The minimum atomic E-state index is -0.610. The Kier molecular flexibility index (Phi) is 6.17. The largest absolute Gasteiger partial charge is 0.346 e. The molecule has 3 N–H and O–H groups in total. The molecule has 0 spiro atoms. The molecule has 8 heteroatoms. The van der Waals surface area contributed by atoms with Gasteiger partial charge in [0.2, 0.25) is 0 Å². The summed E-state index contributed by atoms with van der Waals surface area (Å²) in [6, 6.07) is 10.6. The molecule has 2 amide bonds. The van der Waals surface area contributed by atoms with Crippen molar-refractivity contribution in [2.45, 2.75) is 27.2 Å². The molecule has 2 aromatic carbocycles. The van der Waals surface area contributed by atoms with Gasteiger partial charge in [-0.25, -0.2) is 19.2 Å². The Balaban J connectivity index is 1.49. The van der Waals surface area contributed by atoms with Gasteiger partial charge in [0.1, 0.15) is 17.8 Å². The number of hydrogen-bond donors (Lipinski definition) is 3. The predicted molar refractivity (Wildman–Crippen MR) is 127 cm³/mol. The van der Waals surface area contributed by atoms with Gasteiger partial charge < -0.3 is 15.6 Å². The van der Waals surface area contributed by atoms with E-state index < -0.39 is 11.8 Å². The van der Waals surface area contributed by atoms with Gasteiger partial charge in [-0.05, 0) is 42.7 Å². The van der Waals surface area contributed by atoms with Gasteiger partial charge >= 0.3 is 6.03 Å². The van der Waals surface area contributed by atoms with E-state index in [0.717, 1.165) is 10.9 Å². The normalized spacial score (nSPS) is 11.1. The molecule has 0 radical (unpaired) electrons. The Morgan fingerprint density at radius 2 is 1.91 bits per heavy atom. The highest BCUT2D eigenvalue weighted by atomic mass is 19.1. The number of carbonyl (C=O) groups excluding carboxylic acids is 2. The maximum Gasteiger partial charge on any atom is 0.323 e. The molecule has 0 unspecified atom stereocenters. The number of fused-ring (bicyclic) bond motifs is 1. The third-order valence-corrected chi connectivity index (χ3v) is 5.19. The number of aromatic nitrogens is 3. The number of anilines is 2. The molecular weight excluding hydrogens is 421 g/mol. The first kappa shape index (κ1) is 22.1. The van der Waals surface area contributed by atoms with Gasteiger partial charge in [-0.2, -0.15) is 0 Å². The van der Waals surface area contributed by atoms with E-state index in [-0.39, 0.29) is 17.4 Å². The minimum Gasteiger partial charge on any atom is -0.346 e. The summed E-state index contributed by atoms with van der Waals surface area (Å²) in [4.78, 5) is 36.3. The Morgan fingerprint density at radius 1 is 1.09 bits per heavy atom. The topological polar surface area (TPSA) is 99.8 Å². The van der Waals surface area contributed by atoms with Crippen LogP contribution in [0.25, 0.3) is 22.3 Å². The second kappa shape index (κ2) is 9.20. The number of nitrogens with zero attached hydrogens (tertiary/aromatic N) is 2. The average Bonchev–Trinajstić information content (AvgIpc) is 3.16.